The summed E-state index contributed by atoms with van der Waals surface area (Å²) in [6.45, 7) is 2.17. The Bertz CT molecular complexity index is 1430. The fourth-order valence-electron chi connectivity index (χ4n) is 5.39. The first kappa shape index (κ1) is 24.5. The van der Waals surface area contributed by atoms with E-state index < -0.39 is 22.2 Å². The lowest BCUT2D eigenvalue weighted by Gasteiger charge is -2.32. The first-order valence-electron chi connectivity index (χ1n) is 12.8. The van der Waals surface area contributed by atoms with Gasteiger partial charge in [0.15, 0.2) is 6.29 Å². The molecule has 0 saturated carbocycles. The molecule has 0 N–H and O–H groups in total. The Morgan fingerprint density at radius 2 is 1.86 bits per heavy atom. The third kappa shape index (κ3) is 4.54. The number of nitrogens with zero attached hydrogens (tertiary/aromatic N) is 4. The van der Waals surface area contributed by atoms with Gasteiger partial charge < -0.3 is 9.30 Å². The Balaban J connectivity index is 1.42. The number of aromatic nitrogens is 2. The highest BCUT2D eigenvalue weighted by molar-refractivity contribution is 7.89. The number of hydrogen-bond donors (Lipinski definition) is 0. The molecule has 5 heterocycles. The quantitative estimate of drug-likeness (QED) is 0.487. The van der Waals surface area contributed by atoms with Crippen LogP contribution in [0.4, 0.5) is 4.39 Å². The summed E-state index contributed by atoms with van der Waals surface area (Å²) >= 11 is 0. The van der Waals surface area contributed by atoms with Crippen molar-refractivity contribution >= 4 is 26.8 Å². The van der Waals surface area contributed by atoms with Crippen molar-refractivity contribution in [2.45, 2.75) is 56.3 Å². The average molecular weight is 529 g/mol. The molecule has 9 nitrogen and oxygen atoms in total. The molecule has 3 aliphatic rings. The number of fused-ring (bicyclic) bond motifs is 3. The molecule has 2 saturated heterocycles. The summed E-state index contributed by atoms with van der Waals surface area (Å²) in [4.78, 5) is 23.9. The number of hydroxylamine groups is 2. The predicted molar refractivity (Wildman–Crippen MR) is 133 cm³/mol. The number of ether oxygens (including phenoxy) is 1. The largest absolute Gasteiger partial charge is 0.350 e. The van der Waals surface area contributed by atoms with Gasteiger partial charge in [0.1, 0.15) is 16.4 Å². The Kier molecular flexibility index (Phi) is 6.47. The number of carbonyl (C=O) groups excluding carboxylic acids is 1. The van der Waals surface area contributed by atoms with Gasteiger partial charge in [-0.2, -0.15) is 4.31 Å². The van der Waals surface area contributed by atoms with Gasteiger partial charge in [0, 0.05) is 44.2 Å². The first-order chi connectivity index (χ1) is 17.9. The number of carbonyl (C=O) groups is 1. The highest BCUT2D eigenvalue weighted by Gasteiger charge is 2.36. The van der Waals surface area contributed by atoms with E-state index in [1.807, 2.05) is 4.57 Å². The van der Waals surface area contributed by atoms with Crippen LogP contribution in [0.2, 0.25) is 0 Å². The van der Waals surface area contributed by atoms with Crippen LogP contribution in [0.1, 0.15) is 53.7 Å². The van der Waals surface area contributed by atoms with Crippen molar-refractivity contribution in [3.63, 3.8) is 0 Å². The molecule has 11 heteroatoms. The van der Waals surface area contributed by atoms with E-state index in [1.165, 1.54) is 21.5 Å². The van der Waals surface area contributed by atoms with E-state index in [4.69, 9.17) is 9.57 Å². The van der Waals surface area contributed by atoms with E-state index in [9.17, 15) is 17.6 Å². The number of hydrogen-bond acceptors (Lipinski definition) is 6. The molecule has 2 aromatic heterocycles. The lowest BCUT2D eigenvalue weighted by molar-refractivity contribution is -0.267. The van der Waals surface area contributed by atoms with Gasteiger partial charge in [0.05, 0.1) is 18.3 Å². The number of amides is 1. The summed E-state index contributed by atoms with van der Waals surface area (Å²) in [6, 6.07) is 6.11. The molecule has 1 unspecified atom stereocenters. The van der Waals surface area contributed by atoms with E-state index >= 15 is 0 Å². The van der Waals surface area contributed by atoms with Crippen molar-refractivity contribution in [1.29, 1.82) is 0 Å². The summed E-state index contributed by atoms with van der Waals surface area (Å²) in [5.74, 6) is -0.730. The van der Waals surface area contributed by atoms with Crippen molar-refractivity contribution in [1.82, 2.24) is 18.9 Å². The Morgan fingerprint density at radius 1 is 1.08 bits per heavy atom. The third-order valence-corrected chi connectivity index (χ3v) is 9.22. The van der Waals surface area contributed by atoms with Crippen LogP contribution in [0.3, 0.4) is 0 Å². The van der Waals surface area contributed by atoms with Crippen LogP contribution in [-0.4, -0.2) is 65.8 Å². The predicted octanol–water partition coefficient (Wildman–Crippen LogP) is 3.46. The molecule has 3 aromatic rings. The van der Waals surface area contributed by atoms with Crippen molar-refractivity contribution in [2.75, 3.05) is 26.2 Å². The Labute approximate surface area is 214 Å². The zero-order valence-electron chi connectivity index (χ0n) is 20.4. The highest BCUT2D eigenvalue weighted by Crippen LogP contribution is 2.35. The van der Waals surface area contributed by atoms with E-state index in [0.29, 0.717) is 55.5 Å². The number of sulfonamides is 1. The number of pyridine rings is 1. The summed E-state index contributed by atoms with van der Waals surface area (Å²) in [5, 5.41) is 1.82. The Morgan fingerprint density at radius 3 is 2.59 bits per heavy atom. The summed E-state index contributed by atoms with van der Waals surface area (Å²) in [5.41, 5.74) is 2.26. The maximum Gasteiger partial charge on any atom is 0.296 e. The monoisotopic (exact) mass is 528 g/mol. The molecular formula is C26H29FN4O5S. The molecule has 196 valence electrons. The summed E-state index contributed by atoms with van der Waals surface area (Å²) in [7, 11) is -3.78. The summed E-state index contributed by atoms with van der Waals surface area (Å²) < 4.78 is 49.9. The van der Waals surface area contributed by atoms with Crippen LogP contribution in [0, 0.1) is 5.82 Å². The molecular weight excluding hydrogens is 499 g/mol. The fourth-order valence-corrected chi connectivity index (χ4v) is 7.15. The van der Waals surface area contributed by atoms with Crippen molar-refractivity contribution in [2.24, 2.45) is 0 Å². The zero-order valence-corrected chi connectivity index (χ0v) is 21.3. The molecule has 1 atom stereocenters. The third-order valence-electron chi connectivity index (χ3n) is 7.31. The van der Waals surface area contributed by atoms with Crippen LogP contribution in [0.5, 0.6) is 0 Å². The van der Waals surface area contributed by atoms with Gasteiger partial charge in [0.25, 0.3) is 5.91 Å². The lowest BCUT2D eigenvalue weighted by Crippen LogP contribution is -2.42. The van der Waals surface area contributed by atoms with Gasteiger partial charge in [-0.3, -0.25) is 4.79 Å². The van der Waals surface area contributed by atoms with Gasteiger partial charge >= 0.3 is 0 Å². The maximum atomic E-state index is 13.8. The topological polar surface area (TPSA) is 94.0 Å². The first-order valence-corrected chi connectivity index (χ1v) is 14.2. The van der Waals surface area contributed by atoms with Crippen molar-refractivity contribution < 1.29 is 27.2 Å². The molecule has 1 aromatic carbocycles. The lowest BCUT2D eigenvalue weighted by atomic mass is 10.0. The molecule has 6 rings (SSSR count). The minimum absolute atomic E-state index is 0.183. The zero-order chi connectivity index (χ0) is 25.6. The SMILES string of the molecule is O=C1c2ncc3c(c(S(=O)(=O)N4CCCC4)cn3Cc3ccc(F)cc3)c2CCN1OC1CCCCO1. The molecule has 0 spiro atoms. The van der Waals surface area contributed by atoms with Gasteiger partial charge in [0.2, 0.25) is 10.0 Å². The molecule has 37 heavy (non-hydrogen) atoms. The average Bonchev–Trinajstić information content (AvgIpc) is 3.58. The van der Waals surface area contributed by atoms with Crippen LogP contribution in [-0.2, 0) is 32.6 Å². The molecule has 0 bridgehead atoms. The van der Waals surface area contributed by atoms with E-state index in [-0.39, 0.29) is 23.0 Å². The number of halogens is 1. The van der Waals surface area contributed by atoms with E-state index in [2.05, 4.69) is 4.98 Å². The van der Waals surface area contributed by atoms with Gasteiger partial charge in [-0.1, -0.05) is 12.1 Å². The van der Waals surface area contributed by atoms with Gasteiger partial charge in [-0.15, -0.1) is 0 Å². The molecule has 0 radical (unpaired) electrons. The second-order valence-electron chi connectivity index (χ2n) is 9.76. The van der Waals surface area contributed by atoms with Crippen molar-refractivity contribution in [3.05, 3.63) is 59.3 Å². The maximum absolute atomic E-state index is 13.8. The Hall–Kier alpha value is -2.86. The van der Waals surface area contributed by atoms with E-state index in [0.717, 1.165) is 31.2 Å². The van der Waals surface area contributed by atoms with Crippen LogP contribution in [0.15, 0.2) is 41.6 Å². The second-order valence-corrected chi connectivity index (χ2v) is 11.7. The minimum atomic E-state index is -3.78. The standard InChI is InChI=1S/C26H29FN4O5S/c27-19-8-6-18(7-9-19)16-29-17-22(37(33,34)30-11-2-3-12-30)24-20-10-13-31(36-23-5-1-4-14-35-23)26(32)25(20)28-15-21(24)29/h6-9,15,17,23H,1-5,10-14,16H2. The van der Waals surface area contributed by atoms with Crippen molar-refractivity contribution in [3.8, 4) is 0 Å². The van der Waals surface area contributed by atoms with Crippen LogP contribution >= 0.6 is 0 Å². The molecule has 1 amide bonds. The number of rotatable bonds is 6. The minimum Gasteiger partial charge on any atom is -0.350 e. The number of benzene rings is 1. The highest BCUT2D eigenvalue weighted by atomic mass is 32.2. The molecule has 2 fully saturated rings. The molecule has 3 aliphatic heterocycles. The van der Waals surface area contributed by atoms with E-state index in [1.54, 1.807) is 24.5 Å². The van der Waals surface area contributed by atoms with Crippen LogP contribution < -0.4 is 0 Å². The molecule has 0 aliphatic carbocycles. The smallest absolute Gasteiger partial charge is 0.296 e. The second kappa shape index (κ2) is 9.79. The van der Waals surface area contributed by atoms with Gasteiger partial charge in [-0.25, -0.2) is 27.7 Å². The van der Waals surface area contributed by atoms with Gasteiger partial charge in [-0.05, 0) is 55.4 Å². The fraction of sp³-hybridized carbons (Fsp3) is 0.462. The van der Waals surface area contributed by atoms with Crippen LogP contribution in [0.25, 0.3) is 10.9 Å². The summed E-state index contributed by atoms with van der Waals surface area (Å²) in [6.07, 6.45) is 7.43. The normalized spacial score (nSPS) is 21.1.